The van der Waals surface area contributed by atoms with Gasteiger partial charge >= 0.3 is 6.09 Å². The molecule has 1 amide bonds. The van der Waals surface area contributed by atoms with Crippen molar-refractivity contribution < 1.29 is 13.9 Å². The first kappa shape index (κ1) is 18.6. The quantitative estimate of drug-likeness (QED) is 0.843. The summed E-state index contributed by atoms with van der Waals surface area (Å²) in [5, 5.41) is 6.20. The van der Waals surface area contributed by atoms with E-state index in [4.69, 9.17) is 4.74 Å². The molecule has 0 heterocycles. The van der Waals surface area contributed by atoms with Gasteiger partial charge in [-0.2, -0.15) is 0 Å². The van der Waals surface area contributed by atoms with Gasteiger partial charge in [-0.1, -0.05) is 18.9 Å². The highest BCUT2D eigenvalue weighted by molar-refractivity contribution is 5.67. The topological polar surface area (TPSA) is 50.4 Å². The first-order valence-electron chi connectivity index (χ1n) is 8.74. The number of hydrogen-bond donors (Lipinski definition) is 2. The van der Waals surface area contributed by atoms with Crippen LogP contribution in [0.4, 0.5) is 14.9 Å². The van der Waals surface area contributed by atoms with Crippen molar-refractivity contribution in [2.24, 2.45) is 5.92 Å². The number of carbonyl (C=O) groups excluding carboxylic acids is 1. The highest BCUT2D eigenvalue weighted by Crippen LogP contribution is 2.28. The van der Waals surface area contributed by atoms with Crippen LogP contribution < -0.4 is 10.6 Å². The van der Waals surface area contributed by atoms with Crippen LogP contribution in [0.25, 0.3) is 0 Å². The molecule has 2 unspecified atom stereocenters. The number of halogens is 1. The summed E-state index contributed by atoms with van der Waals surface area (Å²) < 4.78 is 19.3. The Kier molecular flexibility index (Phi) is 6.08. The van der Waals surface area contributed by atoms with E-state index >= 15 is 0 Å². The normalized spacial score (nSPS) is 21.2. The Balaban J connectivity index is 1.95. The predicted octanol–water partition coefficient (Wildman–Crippen LogP) is 4.63. The van der Waals surface area contributed by atoms with E-state index in [-0.39, 0.29) is 17.8 Å². The molecule has 5 heteroatoms. The summed E-state index contributed by atoms with van der Waals surface area (Å²) in [6.45, 7) is 8.03. The number of nitrogens with one attached hydrogen (secondary N) is 2. The van der Waals surface area contributed by atoms with Gasteiger partial charge in [0.05, 0.1) is 5.69 Å². The highest BCUT2D eigenvalue weighted by atomic mass is 19.1. The zero-order valence-electron chi connectivity index (χ0n) is 15.1. The van der Waals surface area contributed by atoms with Crippen molar-refractivity contribution in [2.75, 3.05) is 11.9 Å². The third kappa shape index (κ3) is 5.69. The average molecular weight is 336 g/mol. The van der Waals surface area contributed by atoms with Crippen molar-refractivity contribution in [3.8, 4) is 0 Å². The van der Waals surface area contributed by atoms with Gasteiger partial charge in [-0.25, -0.2) is 9.18 Å². The van der Waals surface area contributed by atoms with Gasteiger partial charge in [-0.05, 0) is 64.2 Å². The maximum atomic E-state index is 14.0. The Morgan fingerprint density at radius 2 is 2.00 bits per heavy atom. The van der Waals surface area contributed by atoms with E-state index in [0.717, 1.165) is 31.2 Å². The SMILES string of the molecule is Cc1ccc(F)c(NC2CCCCC2CNC(=O)OC(C)(C)C)c1. The zero-order chi connectivity index (χ0) is 17.7. The standard InChI is InChI=1S/C19H29FN2O2/c1-13-9-10-15(20)17(11-13)22-16-8-6-5-7-14(16)12-21-18(23)24-19(2,3)4/h9-11,14,16,22H,5-8,12H2,1-4H3,(H,21,23). The van der Waals surface area contributed by atoms with E-state index in [9.17, 15) is 9.18 Å². The van der Waals surface area contributed by atoms with Gasteiger partial charge in [0, 0.05) is 12.6 Å². The summed E-state index contributed by atoms with van der Waals surface area (Å²) in [4.78, 5) is 11.9. The summed E-state index contributed by atoms with van der Waals surface area (Å²) in [6.07, 6.45) is 3.85. The van der Waals surface area contributed by atoms with Crippen molar-refractivity contribution in [2.45, 2.75) is 65.0 Å². The number of alkyl carbamates (subject to hydrolysis) is 1. The molecule has 1 fully saturated rings. The van der Waals surface area contributed by atoms with Gasteiger partial charge in [-0.3, -0.25) is 0 Å². The van der Waals surface area contributed by atoms with E-state index in [1.165, 1.54) is 6.07 Å². The molecule has 0 radical (unpaired) electrons. The lowest BCUT2D eigenvalue weighted by Crippen LogP contribution is -2.42. The van der Waals surface area contributed by atoms with Crippen LogP contribution >= 0.6 is 0 Å². The summed E-state index contributed by atoms with van der Waals surface area (Å²) in [5.74, 6) is 0.0382. The molecule has 1 aromatic carbocycles. The Labute approximate surface area is 144 Å². The molecule has 1 aromatic rings. The zero-order valence-corrected chi connectivity index (χ0v) is 15.1. The molecule has 24 heavy (non-hydrogen) atoms. The van der Waals surface area contributed by atoms with Crippen molar-refractivity contribution in [1.29, 1.82) is 0 Å². The molecule has 2 rings (SSSR count). The molecule has 1 aliphatic rings. The number of hydrogen-bond acceptors (Lipinski definition) is 3. The molecule has 1 saturated carbocycles. The fourth-order valence-corrected chi connectivity index (χ4v) is 3.12. The first-order valence-corrected chi connectivity index (χ1v) is 8.74. The van der Waals surface area contributed by atoms with Crippen LogP contribution in [-0.4, -0.2) is 24.3 Å². The third-order valence-electron chi connectivity index (χ3n) is 4.28. The fourth-order valence-electron chi connectivity index (χ4n) is 3.12. The second kappa shape index (κ2) is 7.86. The maximum absolute atomic E-state index is 14.0. The minimum atomic E-state index is -0.501. The predicted molar refractivity (Wildman–Crippen MR) is 94.7 cm³/mol. The lowest BCUT2D eigenvalue weighted by Gasteiger charge is -2.33. The van der Waals surface area contributed by atoms with E-state index in [1.54, 1.807) is 6.07 Å². The smallest absolute Gasteiger partial charge is 0.407 e. The Bertz CT molecular complexity index is 569. The maximum Gasteiger partial charge on any atom is 0.407 e. The molecular weight excluding hydrogens is 307 g/mol. The van der Waals surface area contributed by atoms with Crippen molar-refractivity contribution >= 4 is 11.8 Å². The molecule has 134 valence electrons. The first-order chi connectivity index (χ1) is 11.2. The fraction of sp³-hybridized carbons (Fsp3) is 0.632. The molecule has 0 bridgehead atoms. The van der Waals surface area contributed by atoms with Crippen molar-refractivity contribution in [3.63, 3.8) is 0 Å². The molecular formula is C19H29FN2O2. The molecule has 0 spiro atoms. The minimum Gasteiger partial charge on any atom is -0.444 e. The summed E-state index contributed by atoms with van der Waals surface area (Å²) in [6, 6.07) is 5.25. The molecule has 0 aromatic heterocycles. The molecule has 2 atom stereocenters. The van der Waals surface area contributed by atoms with Crippen LogP contribution in [-0.2, 0) is 4.74 Å². The van der Waals surface area contributed by atoms with Crippen molar-refractivity contribution in [1.82, 2.24) is 5.32 Å². The van der Waals surface area contributed by atoms with E-state index in [1.807, 2.05) is 33.8 Å². The van der Waals surface area contributed by atoms with E-state index in [0.29, 0.717) is 12.2 Å². The number of amides is 1. The number of aryl methyl sites for hydroxylation is 1. The van der Waals surface area contributed by atoms with Crippen LogP contribution in [0.5, 0.6) is 0 Å². The molecule has 4 nitrogen and oxygen atoms in total. The highest BCUT2D eigenvalue weighted by Gasteiger charge is 2.27. The Hall–Kier alpha value is -1.78. The number of rotatable bonds is 4. The molecule has 2 N–H and O–H groups in total. The second-order valence-electron chi connectivity index (χ2n) is 7.66. The van der Waals surface area contributed by atoms with Gasteiger partial charge in [0.2, 0.25) is 0 Å². The van der Waals surface area contributed by atoms with Gasteiger partial charge < -0.3 is 15.4 Å². The lowest BCUT2D eigenvalue weighted by atomic mass is 9.84. The minimum absolute atomic E-state index is 0.157. The summed E-state index contributed by atoms with van der Waals surface area (Å²) in [7, 11) is 0. The van der Waals surface area contributed by atoms with Crippen LogP contribution in [0.15, 0.2) is 18.2 Å². The van der Waals surface area contributed by atoms with E-state index in [2.05, 4.69) is 10.6 Å². The number of benzene rings is 1. The Morgan fingerprint density at radius 3 is 2.71 bits per heavy atom. The van der Waals surface area contributed by atoms with Gasteiger partial charge in [0.1, 0.15) is 11.4 Å². The van der Waals surface area contributed by atoms with E-state index < -0.39 is 11.7 Å². The molecule has 0 saturated heterocycles. The third-order valence-corrected chi connectivity index (χ3v) is 4.28. The van der Waals surface area contributed by atoms with Crippen LogP contribution in [0.3, 0.4) is 0 Å². The number of anilines is 1. The van der Waals surface area contributed by atoms with Crippen LogP contribution in [0.1, 0.15) is 52.0 Å². The number of carbonyl (C=O) groups is 1. The number of ether oxygens (including phenoxy) is 1. The van der Waals surface area contributed by atoms with Gasteiger partial charge in [0.25, 0.3) is 0 Å². The summed E-state index contributed by atoms with van der Waals surface area (Å²) >= 11 is 0. The van der Waals surface area contributed by atoms with Crippen molar-refractivity contribution in [3.05, 3.63) is 29.6 Å². The molecule has 1 aliphatic carbocycles. The largest absolute Gasteiger partial charge is 0.444 e. The summed E-state index contributed by atoms with van der Waals surface area (Å²) in [5.41, 5.74) is 1.07. The van der Waals surface area contributed by atoms with Gasteiger partial charge in [-0.15, -0.1) is 0 Å². The van der Waals surface area contributed by atoms with Crippen LogP contribution in [0, 0.1) is 18.7 Å². The average Bonchev–Trinajstić information content (AvgIpc) is 2.48. The van der Waals surface area contributed by atoms with Gasteiger partial charge in [0.15, 0.2) is 0 Å². The Morgan fingerprint density at radius 1 is 1.29 bits per heavy atom. The van der Waals surface area contributed by atoms with Crippen LogP contribution in [0.2, 0.25) is 0 Å². The second-order valence-corrected chi connectivity index (χ2v) is 7.66. The lowest BCUT2D eigenvalue weighted by molar-refractivity contribution is 0.0514. The monoisotopic (exact) mass is 336 g/mol. The molecule has 0 aliphatic heterocycles.